The summed E-state index contributed by atoms with van der Waals surface area (Å²) < 4.78 is 0. The highest BCUT2D eigenvalue weighted by atomic mass is 35.5. The number of nitrogens with one attached hydrogen (secondary N) is 1. The topological polar surface area (TPSA) is 46.2 Å². The molecular weight excluding hydrogens is 310 g/mol. The zero-order chi connectivity index (χ0) is 17.0. The van der Waals surface area contributed by atoms with Crippen molar-refractivity contribution in [2.45, 2.75) is 45.4 Å². The van der Waals surface area contributed by atoms with Crippen molar-refractivity contribution in [3.8, 4) is 0 Å². The number of hydrogen-bond donors (Lipinski definition) is 1. The quantitative estimate of drug-likeness (QED) is 0.600. The lowest BCUT2D eigenvalue weighted by Crippen LogP contribution is -2.29. The minimum absolute atomic E-state index is 0.199. The van der Waals surface area contributed by atoms with Gasteiger partial charge in [0.25, 0.3) is 5.91 Å². The zero-order valence-corrected chi connectivity index (χ0v) is 14.7. The van der Waals surface area contributed by atoms with Gasteiger partial charge in [0.2, 0.25) is 0 Å². The van der Waals surface area contributed by atoms with Crippen LogP contribution in [0.4, 0.5) is 0 Å². The van der Waals surface area contributed by atoms with Gasteiger partial charge in [0.15, 0.2) is 5.78 Å². The van der Waals surface area contributed by atoms with Crippen molar-refractivity contribution >= 4 is 28.9 Å². The van der Waals surface area contributed by atoms with Gasteiger partial charge in [0, 0.05) is 12.1 Å². The van der Waals surface area contributed by atoms with Crippen LogP contribution in [0.2, 0.25) is 0 Å². The summed E-state index contributed by atoms with van der Waals surface area (Å²) in [4.78, 5) is 25.2. The number of amides is 1. The zero-order valence-electron chi connectivity index (χ0n) is 14.0. The van der Waals surface area contributed by atoms with Crippen LogP contribution in [0.3, 0.4) is 0 Å². The smallest absolute Gasteiger partial charge is 0.255 e. The molecule has 0 bridgehead atoms. The first-order valence-corrected chi connectivity index (χ1v) is 8.77. The minimum Gasteiger partial charge on any atom is -0.352 e. The summed E-state index contributed by atoms with van der Waals surface area (Å²) in [5.41, 5.74) is 2.31. The van der Waals surface area contributed by atoms with Crippen molar-refractivity contribution < 1.29 is 9.59 Å². The van der Waals surface area contributed by atoms with Gasteiger partial charge in [-0.3, -0.25) is 9.59 Å². The molecule has 1 amide bonds. The van der Waals surface area contributed by atoms with Crippen LogP contribution in [0.5, 0.6) is 0 Å². The van der Waals surface area contributed by atoms with Crippen LogP contribution in [0.1, 0.15) is 56.0 Å². The number of carbonyl (C=O) groups is 2. The van der Waals surface area contributed by atoms with E-state index in [2.05, 4.69) is 19.2 Å². The highest BCUT2D eigenvalue weighted by Gasteiger charge is 2.37. The Labute approximate surface area is 143 Å². The van der Waals surface area contributed by atoms with E-state index in [1.165, 1.54) is 0 Å². The second-order valence-corrected chi connectivity index (χ2v) is 6.56. The van der Waals surface area contributed by atoms with Crippen molar-refractivity contribution in [1.82, 2.24) is 5.32 Å². The van der Waals surface area contributed by atoms with Crippen LogP contribution in [0, 0.1) is 5.92 Å². The first-order chi connectivity index (χ1) is 11.0. The van der Waals surface area contributed by atoms with Crippen molar-refractivity contribution in [2.24, 2.45) is 5.92 Å². The molecule has 0 saturated heterocycles. The van der Waals surface area contributed by atoms with Gasteiger partial charge in [0.1, 0.15) is 0 Å². The lowest BCUT2D eigenvalue weighted by atomic mass is 9.91. The number of hydrogen-bond acceptors (Lipinski definition) is 2. The maximum atomic E-state index is 12.7. The molecule has 0 spiro atoms. The standard InChI is InChI=1S/C19H24ClNO2/c1-4-8-12(3)17(20)15-13-9-6-7-10-14(13)18(22)16(15)19(23)21-11-5-2/h6-7,9-10,12,17H,4-5,8,11H2,1-3H3,(H,21,23). The number of alkyl halides is 1. The monoisotopic (exact) mass is 333 g/mol. The molecule has 0 heterocycles. The average molecular weight is 334 g/mol. The molecule has 1 aromatic carbocycles. The summed E-state index contributed by atoms with van der Waals surface area (Å²) >= 11 is 6.69. The minimum atomic E-state index is -0.343. The van der Waals surface area contributed by atoms with Crippen LogP contribution in [0.15, 0.2) is 29.8 Å². The molecule has 1 aliphatic rings. The van der Waals surface area contributed by atoms with Crippen LogP contribution in [0.25, 0.3) is 5.57 Å². The number of fused-ring (bicyclic) bond motifs is 1. The summed E-state index contributed by atoms with van der Waals surface area (Å²) in [5, 5.41) is 2.48. The maximum Gasteiger partial charge on any atom is 0.255 e. The molecule has 1 aliphatic carbocycles. The van der Waals surface area contributed by atoms with Gasteiger partial charge in [-0.2, -0.15) is 0 Å². The van der Waals surface area contributed by atoms with E-state index < -0.39 is 0 Å². The maximum absolute atomic E-state index is 12.7. The molecule has 0 radical (unpaired) electrons. The van der Waals surface area contributed by atoms with E-state index in [0.717, 1.165) is 24.8 Å². The largest absolute Gasteiger partial charge is 0.352 e. The van der Waals surface area contributed by atoms with Crippen molar-refractivity contribution in [2.75, 3.05) is 6.54 Å². The fourth-order valence-electron chi connectivity index (χ4n) is 3.03. The molecule has 0 aromatic heterocycles. The molecule has 2 rings (SSSR count). The highest BCUT2D eigenvalue weighted by molar-refractivity contribution is 6.39. The molecule has 3 nitrogen and oxygen atoms in total. The van der Waals surface area contributed by atoms with Gasteiger partial charge in [-0.1, -0.05) is 51.5 Å². The van der Waals surface area contributed by atoms with Crippen molar-refractivity contribution in [1.29, 1.82) is 0 Å². The van der Waals surface area contributed by atoms with E-state index in [9.17, 15) is 9.59 Å². The number of carbonyl (C=O) groups excluding carboxylic acids is 2. The Bertz CT molecular complexity index is 636. The molecule has 2 atom stereocenters. The molecule has 124 valence electrons. The van der Waals surface area contributed by atoms with Gasteiger partial charge in [0.05, 0.1) is 11.0 Å². The van der Waals surface area contributed by atoms with E-state index >= 15 is 0 Å². The number of Topliss-reactive ketones (excluding diaryl/α,β-unsaturated/α-hetero) is 1. The third kappa shape index (κ3) is 3.50. The Kier molecular flexibility index (Phi) is 6.00. The van der Waals surface area contributed by atoms with E-state index in [-0.39, 0.29) is 28.6 Å². The molecule has 2 unspecified atom stereocenters. The first-order valence-electron chi connectivity index (χ1n) is 8.33. The number of halogens is 1. The van der Waals surface area contributed by atoms with E-state index in [1.807, 2.05) is 25.1 Å². The predicted octanol–water partition coefficient (Wildman–Crippen LogP) is 4.21. The normalized spacial score (nSPS) is 16.3. The van der Waals surface area contributed by atoms with E-state index in [1.54, 1.807) is 6.07 Å². The fraction of sp³-hybridized carbons (Fsp3) is 0.474. The summed E-state index contributed by atoms with van der Waals surface area (Å²) in [6.07, 6.45) is 2.80. The van der Waals surface area contributed by atoms with Crippen LogP contribution in [-0.2, 0) is 4.79 Å². The Morgan fingerprint density at radius 1 is 1.17 bits per heavy atom. The second kappa shape index (κ2) is 7.78. The number of allylic oxidation sites excluding steroid dienone is 1. The van der Waals surface area contributed by atoms with Crippen LogP contribution < -0.4 is 5.32 Å². The Morgan fingerprint density at radius 2 is 1.83 bits per heavy atom. The van der Waals surface area contributed by atoms with Crippen molar-refractivity contribution in [3.63, 3.8) is 0 Å². The second-order valence-electron chi connectivity index (χ2n) is 6.09. The molecule has 23 heavy (non-hydrogen) atoms. The van der Waals surface area contributed by atoms with Gasteiger partial charge in [-0.15, -0.1) is 11.6 Å². The molecule has 0 fully saturated rings. The first kappa shape index (κ1) is 17.7. The lowest BCUT2D eigenvalue weighted by molar-refractivity contribution is -0.117. The SMILES string of the molecule is CCCNC(=O)C1=C(C(Cl)C(C)CCC)c2ccccc2C1=O. The molecule has 1 N–H and O–H groups in total. The van der Waals surface area contributed by atoms with Gasteiger partial charge in [-0.25, -0.2) is 0 Å². The summed E-state index contributed by atoms with van der Waals surface area (Å²) in [6, 6.07) is 7.36. The third-order valence-electron chi connectivity index (χ3n) is 4.24. The molecular formula is C19H24ClNO2. The van der Waals surface area contributed by atoms with Crippen LogP contribution in [-0.4, -0.2) is 23.6 Å². The number of rotatable bonds is 7. The van der Waals surface area contributed by atoms with Gasteiger partial charge < -0.3 is 5.32 Å². The molecule has 0 aliphatic heterocycles. The fourth-order valence-corrected chi connectivity index (χ4v) is 3.39. The van der Waals surface area contributed by atoms with E-state index in [0.29, 0.717) is 17.7 Å². The van der Waals surface area contributed by atoms with Crippen molar-refractivity contribution in [3.05, 3.63) is 41.0 Å². The Hall–Kier alpha value is -1.61. The third-order valence-corrected chi connectivity index (χ3v) is 4.89. The molecule has 1 aromatic rings. The molecule has 4 heteroatoms. The number of ketones is 1. The predicted molar refractivity (Wildman–Crippen MR) is 94.7 cm³/mol. The highest BCUT2D eigenvalue weighted by Crippen LogP contribution is 2.40. The Morgan fingerprint density at radius 3 is 2.43 bits per heavy atom. The van der Waals surface area contributed by atoms with Crippen LogP contribution >= 0.6 is 11.6 Å². The lowest BCUT2D eigenvalue weighted by Gasteiger charge is -2.20. The average Bonchev–Trinajstić information content (AvgIpc) is 2.85. The number of benzene rings is 1. The summed E-state index contributed by atoms with van der Waals surface area (Å²) in [5.74, 6) is -0.319. The summed E-state index contributed by atoms with van der Waals surface area (Å²) in [7, 11) is 0. The van der Waals surface area contributed by atoms with E-state index in [4.69, 9.17) is 11.6 Å². The summed E-state index contributed by atoms with van der Waals surface area (Å²) in [6.45, 7) is 6.71. The van der Waals surface area contributed by atoms with Gasteiger partial charge in [-0.05, 0) is 29.9 Å². The Balaban J connectivity index is 2.48. The van der Waals surface area contributed by atoms with Gasteiger partial charge >= 0.3 is 0 Å². The molecule has 0 saturated carbocycles.